The third-order valence-corrected chi connectivity index (χ3v) is 4.44. The summed E-state index contributed by atoms with van der Waals surface area (Å²) in [5.74, 6) is 0.625. The lowest BCUT2D eigenvalue weighted by Gasteiger charge is -2.32. The second-order valence-electron chi connectivity index (χ2n) is 6.33. The van der Waals surface area contributed by atoms with Gasteiger partial charge in [0, 0.05) is 25.7 Å². The minimum absolute atomic E-state index is 0.189. The van der Waals surface area contributed by atoms with Gasteiger partial charge in [-0.2, -0.15) is 0 Å². The maximum atomic E-state index is 12.2. The van der Waals surface area contributed by atoms with Crippen LogP contribution in [-0.4, -0.2) is 35.2 Å². The number of benzene rings is 1. The summed E-state index contributed by atoms with van der Waals surface area (Å²) in [5, 5.41) is 9.73. The SMILES string of the molecule is Cc1noc(C)c1NC(=O)NC1CCN(Cc2ccccc2)CC1. The highest BCUT2D eigenvalue weighted by atomic mass is 16.5. The fourth-order valence-electron chi connectivity index (χ4n) is 3.07. The zero-order valence-electron chi connectivity index (χ0n) is 14.2. The van der Waals surface area contributed by atoms with Crippen molar-refractivity contribution in [1.82, 2.24) is 15.4 Å². The molecular formula is C18H24N4O2. The zero-order valence-corrected chi connectivity index (χ0v) is 14.2. The lowest BCUT2D eigenvalue weighted by molar-refractivity contribution is 0.190. The Kier molecular flexibility index (Phi) is 5.15. The molecule has 0 spiro atoms. The van der Waals surface area contributed by atoms with E-state index in [1.807, 2.05) is 13.0 Å². The zero-order chi connectivity index (χ0) is 16.9. The van der Waals surface area contributed by atoms with Crippen LogP contribution < -0.4 is 10.6 Å². The molecule has 0 radical (unpaired) electrons. The number of nitrogens with one attached hydrogen (secondary N) is 2. The summed E-state index contributed by atoms with van der Waals surface area (Å²) < 4.78 is 5.06. The van der Waals surface area contributed by atoms with E-state index in [1.165, 1.54) is 5.56 Å². The van der Waals surface area contributed by atoms with Gasteiger partial charge in [0.05, 0.1) is 0 Å². The molecule has 0 atom stereocenters. The van der Waals surface area contributed by atoms with Gasteiger partial charge in [0.1, 0.15) is 11.4 Å². The van der Waals surface area contributed by atoms with Crippen LogP contribution in [0.5, 0.6) is 0 Å². The van der Waals surface area contributed by atoms with Crippen molar-refractivity contribution in [3.8, 4) is 0 Å². The molecule has 1 aliphatic heterocycles. The van der Waals surface area contributed by atoms with Crippen molar-refractivity contribution < 1.29 is 9.32 Å². The van der Waals surface area contributed by atoms with Crippen LogP contribution in [0.25, 0.3) is 0 Å². The molecule has 24 heavy (non-hydrogen) atoms. The Morgan fingerprint density at radius 2 is 1.96 bits per heavy atom. The van der Waals surface area contributed by atoms with Crippen LogP contribution >= 0.6 is 0 Å². The van der Waals surface area contributed by atoms with Gasteiger partial charge in [-0.15, -0.1) is 0 Å². The molecule has 6 heteroatoms. The van der Waals surface area contributed by atoms with Crippen molar-refractivity contribution in [2.24, 2.45) is 0 Å². The van der Waals surface area contributed by atoms with E-state index >= 15 is 0 Å². The number of carbonyl (C=O) groups excluding carboxylic acids is 1. The van der Waals surface area contributed by atoms with Gasteiger partial charge in [-0.3, -0.25) is 4.90 Å². The first-order chi connectivity index (χ1) is 11.6. The molecule has 2 amide bonds. The third-order valence-electron chi connectivity index (χ3n) is 4.44. The van der Waals surface area contributed by atoms with Gasteiger partial charge in [-0.25, -0.2) is 4.79 Å². The summed E-state index contributed by atoms with van der Waals surface area (Å²) in [6, 6.07) is 10.5. The minimum Gasteiger partial charge on any atom is -0.359 e. The number of aryl methyl sites for hydroxylation is 2. The third kappa shape index (κ3) is 4.14. The molecule has 0 aliphatic carbocycles. The molecule has 1 saturated heterocycles. The van der Waals surface area contributed by atoms with Crippen LogP contribution in [0.4, 0.5) is 10.5 Å². The quantitative estimate of drug-likeness (QED) is 0.905. The minimum atomic E-state index is -0.189. The van der Waals surface area contributed by atoms with Gasteiger partial charge < -0.3 is 15.2 Å². The van der Waals surface area contributed by atoms with E-state index in [9.17, 15) is 4.79 Å². The fraction of sp³-hybridized carbons (Fsp3) is 0.444. The Morgan fingerprint density at radius 3 is 2.58 bits per heavy atom. The first-order valence-electron chi connectivity index (χ1n) is 8.38. The van der Waals surface area contributed by atoms with E-state index < -0.39 is 0 Å². The molecule has 128 valence electrons. The van der Waals surface area contributed by atoms with Crippen molar-refractivity contribution in [1.29, 1.82) is 0 Å². The molecule has 2 heterocycles. The molecule has 0 unspecified atom stereocenters. The highest BCUT2D eigenvalue weighted by Gasteiger charge is 2.21. The first-order valence-corrected chi connectivity index (χ1v) is 8.38. The topological polar surface area (TPSA) is 70.4 Å². The van der Waals surface area contributed by atoms with Gasteiger partial charge in [0.2, 0.25) is 0 Å². The molecule has 1 fully saturated rings. The molecule has 0 bridgehead atoms. The van der Waals surface area contributed by atoms with E-state index in [-0.39, 0.29) is 12.1 Å². The Morgan fingerprint density at radius 1 is 1.25 bits per heavy atom. The highest BCUT2D eigenvalue weighted by molar-refractivity contribution is 5.90. The molecule has 2 aromatic rings. The fourth-order valence-corrected chi connectivity index (χ4v) is 3.07. The molecule has 1 aromatic heterocycles. The summed E-state index contributed by atoms with van der Waals surface area (Å²) in [6.07, 6.45) is 1.92. The van der Waals surface area contributed by atoms with Crippen LogP contribution in [-0.2, 0) is 6.54 Å². The number of rotatable bonds is 4. The molecule has 0 saturated carbocycles. The Balaban J connectivity index is 1.44. The number of carbonyl (C=O) groups is 1. The summed E-state index contributed by atoms with van der Waals surface area (Å²) in [6.45, 7) is 6.56. The van der Waals surface area contributed by atoms with Crippen LogP contribution in [0.15, 0.2) is 34.9 Å². The van der Waals surface area contributed by atoms with Crippen LogP contribution in [0, 0.1) is 13.8 Å². The summed E-state index contributed by atoms with van der Waals surface area (Å²) in [5.41, 5.74) is 2.69. The van der Waals surface area contributed by atoms with Crippen LogP contribution in [0.2, 0.25) is 0 Å². The Bertz CT molecular complexity index is 656. The average Bonchev–Trinajstić information content (AvgIpc) is 2.89. The number of hydrogen-bond acceptors (Lipinski definition) is 4. The van der Waals surface area contributed by atoms with Crippen LogP contribution in [0.1, 0.15) is 29.9 Å². The maximum absolute atomic E-state index is 12.2. The number of amides is 2. The Labute approximate surface area is 142 Å². The largest absolute Gasteiger partial charge is 0.359 e. The molecule has 3 rings (SSSR count). The summed E-state index contributed by atoms with van der Waals surface area (Å²) in [7, 11) is 0. The van der Waals surface area contributed by atoms with Crippen molar-refractivity contribution in [3.63, 3.8) is 0 Å². The van der Waals surface area contributed by atoms with Gasteiger partial charge in [0.25, 0.3) is 0 Å². The number of likely N-dealkylation sites (tertiary alicyclic amines) is 1. The van der Waals surface area contributed by atoms with E-state index in [2.05, 4.69) is 45.0 Å². The standard InChI is InChI=1S/C18H24N4O2/c1-13-17(14(2)24-21-13)20-18(23)19-16-8-10-22(11-9-16)12-15-6-4-3-5-7-15/h3-7,16H,8-12H2,1-2H3,(H2,19,20,23). The van der Waals surface area contributed by atoms with Gasteiger partial charge in [-0.05, 0) is 32.3 Å². The smallest absolute Gasteiger partial charge is 0.319 e. The van der Waals surface area contributed by atoms with Crippen molar-refractivity contribution in [2.75, 3.05) is 18.4 Å². The van der Waals surface area contributed by atoms with Gasteiger partial charge in [0.15, 0.2) is 5.76 Å². The number of piperidine rings is 1. The van der Waals surface area contributed by atoms with E-state index in [0.29, 0.717) is 17.1 Å². The maximum Gasteiger partial charge on any atom is 0.319 e. The average molecular weight is 328 g/mol. The van der Waals surface area contributed by atoms with E-state index in [4.69, 9.17) is 4.52 Å². The Hall–Kier alpha value is -2.34. The molecule has 1 aromatic carbocycles. The molecule has 6 nitrogen and oxygen atoms in total. The summed E-state index contributed by atoms with van der Waals surface area (Å²) >= 11 is 0. The van der Waals surface area contributed by atoms with Gasteiger partial charge in [-0.1, -0.05) is 35.5 Å². The van der Waals surface area contributed by atoms with E-state index in [0.717, 1.165) is 32.5 Å². The van der Waals surface area contributed by atoms with Crippen LogP contribution in [0.3, 0.4) is 0 Å². The number of anilines is 1. The first kappa shape index (κ1) is 16.5. The van der Waals surface area contributed by atoms with Gasteiger partial charge >= 0.3 is 6.03 Å². The second-order valence-corrected chi connectivity index (χ2v) is 6.33. The number of nitrogens with zero attached hydrogens (tertiary/aromatic N) is 2. The number of urea groups is 1. The monoisotopic (exact) mass is 328 g/mol. The van der Waals surface area contributed by atoms with Crippen molar-refractivity contribution in [2.45, 2.75) is 39.3 Å². The highest BCUT2D eigenvalue weighted by Crippen LogP contribution is 2.19. The van der Waals surface area contributed by atoms with Crippen molar-refractivity contribution in [3.05, 3.63) is 47.3 Å². The molecule has 1 aliphatic rings. The summed E-state index contributed by atoms with van der Waals surface area (Å²) in [4.78, 5) is 14.6. The predicted molar refractivity (Wildman–Crippen MR) is 92.9 cm³/mol. The predicted octanol–water partition coefficient (Wildman–Crippen LogP) is 3.08. The van der Waals surface area contributed by atoms with Crippen molar-refractivity contribution >= 4 is 11.7 Å². The lowest BCUT2D eigenvalue weighted by atomic mass is 10.0. The van der Waals surface area contributed by atoms with E-state index in [1.54, 1.807) is 6.92 Å². The second kappa shape index (κ2) is 7.49. The molecular weight excluding hydrogens is 304 g/mol. The lowest BCUT2D eigenvalue weighted by Crippen LogP contribution is -2.45. The normalized spacial score (nSPS) is 16.1. The number of hydrogen-bond donors (Lipinski definition) is 2. The number of aromatic nitrogens is 1. The molecule has 2 N–H and O–H groups in total.